The fourth-order valence-electron chi connectivity index (χ4n) is 2.74. The molecule has 3 rings (SSSR count). The maximum Gasteiger partial charge on any atom is 0.241 e. The van der Waals surface area contributed by atoms with Gasteiger partial charge in [-0.2, -0.15) is 0 Å². The molecular weight excluding hydrogens is 264 g/mol. The third-order valence-electron chi connectivity index (χ3n) is 4.14. The topological polar surface area (TPSA) is 50.4 Å². The number of rotatable bonds is 6. The van der Waals surface area contributed by atoms with Crippen LogP contribution in [-0.2, 0) is 9.53 Å². The Hall–Kier alpha value is -1.39. The second-order valence-electron chi connectivity index (χ2n) is 6.02. The van der Waals surface area contributed by atoms with Crippen molar-refractivity contribution in [2.24, 2.45) is 0 Å². The Morgan fingerprint density at radius 1 is 1.19 bits per heavy atom. The first kappa shape index (κ1) is 14.5. The van der Waals surface area contributed by atoms with Gasteiger partial charge in [0.05, 0.1) is 6.10 Å². The van der Waals surface area contributed by atoms with E-state index in [1.54, 1.807) is 0 Å². The molecule has 4 nitrogen and oxygen atoms in total. The van der Waals surface area contributed by atoms with Crippen LogP contribution in [0.4, 0.5) is 0 Å². The lowest BCUT2D eigenvalue weighted by Gasteiger charge is -2.26. The SMILES string of the molecule is O=C(NC1CC1)[C@H](NC[C@@H]1CCCCO1)c1ccccc1. The highest BCUT2D eigenvalue weighted by Crippen LogP contribution is 2.21. The molecule has 2 N–H and O–H groups in total. The number of amides is 1. The predicted molar refractivity (Wildman–Crippen MR) is 81.9 cm³/mol. The molecule has 0 spiro atoms. The fourth-order valence-corrected chi connectivity index (χ4v) is 2.74. The van der Waals surface area contributed by atoms with Crippen LogP contribution in [0.5, 0.6) is 0 Å². The third kappa shape index (κ3) is 4.29. The van der Waals surface area contributed by atoms with E-state index < -0.39 is 0 Å². The van der Waals surface area contributed by atoms with Crippen LogP contribution in [0.2, 0.25) is 0 Å². The monoisotopic (exact) mass is 288 g/mol. The lowest BCUT2D eigenvalue weighted by molar-refractivity contribution is -0.123. The average Bonchev–Trinajstić information content (AvgIpc) is 3.33. The summed E-state index contributed by atoms with van der Waals surface area (Å²) in [7, 11) is 0. The van der Waals surface area contributed by atoms with Gasteiger partial charge in [-0.05, 0) is 37.7 Å². The number of hydrogen-bond acceptors (Lipinski definition) is 3. The first-order valence-corrected chi connectivity index (χ1v) is 8.03. The molecule has 1 aliphatic carbocycles. The molecule has 1 aliphatic heterocycles. The highest BCUT2D eigenvalue weighted by molar-refractivity contribution is 5.83. The molecule has 2 aliphatic rings. The van der Waals surface area contributed by atoms with Gasteiger partial charge in [0.1, 0.15) is 6.04 Å². The van der Waals surface area contributed by atoms with Gasteiger partial charge in [-0.1, -0.05) is 30.3 Å². The molecule has 0 unspecified atom stereocenters. The lowest BCUT2D eigenvalue weighted by Crippen LogP contribution is -2.42. The summed E-state index contributed by atoms with van der Waals surface area (Å²) < 4.78 is 5.74. The summed E-state index contributed by atoms with van der Waals surface area (Å²) in [4.78, 5) is 12.5. The summed E-state index contributed by atoms with van der Waals surface area (Å²) >= 11 is 0. The van der Waals surface area contributed by atoms with E-state index in [1.807, 2.05) is 30.3 Å². The van der Waals surface area contributed by atoms with Gasteiger partial charge in [0.2, 0.25) is 5.91 Å². The molecule has 21 heavy (non-hydrogen) atoms. The van der Waals surface area contributed by atoms with E-state index in [0.29, 0.717) is 6.04 Å². The molecule has 2 atom stereocenters. The number of benzene rings is 1. The van der Waals surface area contributed by atoms with Crippen molar-refractivity contribution in [2.75, 3.05) is 13.2 Å². The molecule has 1 amide bonds. The van der Waals surface area contributed by atoms with Crippen LogP contribution < -0.4 is 10.6 Å². The first-order valence-electron chi connectivity index (χ1n) is 8.03. The Morgan fingerprint density at radius 2 is 2.00 bits per heavy atom. The summed E-state index contributed by atoms with van der Waals surface area (Å²) in [6.45, 7) is 1.58. The zero-order chi connectivity index (χ0) is 14.5. The molecule has 4 heteroatoms. The van der Waals surface area contributed by atoms with E-state index in [2.05, 4.69) is 10.6 Å². The van der Waals surface area contributed by atoms with Gasteiger partial charge in [-0.15, -0.1) is 0 Å². The smallest absolute Gasteiger partial charge is 0.241 e. The molecule has 2 fully saturated rings. The Morgan fingerprint density at radius 3 is 2.67 bits per heavy atom. The molecule has 0 radical (unpaired) electrons. The number of nitrogens with one attached hydrogen (secondary N) is 2. The molecule has 1 heterocycles. The molecule has 0 bridgehead atoms. The molecule has 1 aromatic carbocycles. The summed E-state index contributed by atoms with van der Waals surface area (Å²) in [6.07, 6.45) is 5.91. The normalized spacial score (nSPS) is 23.5. The van der Waals surface area contributed by atoms with E-state index in [1.165, 1.54) is 6.42 Å². The largest absolute Gasteiger partial charge is 0.377 e. The minimum absolute atomic E-state index is 0.0829. The minimum Gasteiger partial charge on any atom is -0.377 e. The van der Waals surface area contributed by atoms with Crippen molar-refractivity contribution in [2.45, 2.75) is 50.3 Å². The van der Waals surface area contributed by atoms with Crippen LogP contribution in [-0.4, -0.2) is 31.2 Å². The van der Waals surface area contributed by atoms with Gasteiger partial charge < -0.3 is 10.1 Å². The van der Waals surface area contributed by atoms with Gasteiger partial charge in [0, 0.05) is 19.2 Å². The van der Waals surface area contributed by atoms with Crippen molar-refractivity contribution >= 4 is 5.91 Å². The third-order valence-corrected chi connectivity index (χ3v) is 4.14. The second-order valence-corrected chi connectivity index (χ2v) is 6.02. The molecule has 1 saturated heterocycles. The quantitative estimate of drug-likeness (QED) is 0.843. The minimum atomic E-state index is -0.280. The standard InChI is InChI=1S/C17H24N2O2/c20-17(19-14-9-10-14)16(13-6-2-1-3-7-13)18-12-15-8-4-5-11-21-15/h1-3,6-7,14-16,18H,4-5,8-12H2,(H,19,20)/t15-,16+/m0/s1. The van der Waals surface area contributed by atoms with Crippen LogP contribution in [0.3, 0.4) is 0 Å². The molecule has 1 aromatic rings. The van der Waals surface area contributed by atoms with Gasteiger partial charge in [-0.25, -0.2) is 0 Å². The van der Waals surface area contributed by atoms with E-state index in [-0.39, 0.29) is 18.1 Å². The van der Waals surface area contributed by atoms with E-state index in [0.717, 1.165) is 44.4 Å². The Labute approximate surface area is 126 Å². The van der Waals surface area contributed by atoms with Crippen molar-refractivity contribution < 1.29 is 9.53 Å². The lowest BCUT2D eigenvalue weighted by atomic mass is 10.0. The maximum atomic E-state index is 12.5. The van der Waals surface area contributed by atoms with Gasteiger partial charge >= 0.3 is 0 Å². The van der Waals surface area contributed by atoms with Gasteiger partial charge in [0.15, 0.2) is 0 Å². The number of hydrogen-bond donors (Lipinski definition) is 2. The van der Waals surface area contributed by atoms with Crippen LogP contribution in [0.1, 0.15) is 43.7 Å². The second kappa shape index (κ2) is 7.05. The van der Waals surface area contributed by atoms with Crippen molar-refractivity contribution in [3.8, 4) is 0 Å². The highest BCUT2D eigenvalue weighted by Gasteiger charge is 2.28. The van der Waals surface area contributed by atoms with Crippen molar-refractivity contribution in [1.82, 2.24) is 10.6 Å². The van der Waals surface area contributed by atoms with E-state index in [4.69, 9.17) is 4.74 Å². The van der Waals surface area contributed by atoms with Crippen LogP contribution in [0.15, 0.2) is 30.3 Å². The molecular formula is C17H24N2O2. The van der Waals surface area contributed by atoms with Crippen LogP contribution in [0, 0.1) is 0 Å². The number of carbonyl (C=O) groups excluding carboxylic acids is 1. The Bertz CT molecular complexity index is 453. The summed E-state index contributed by atoms with van der Waals surface area (Å²) in [5.41, 5.74) is 1.02. The molecule has 1 saturated carbocycles. The first-order chi connectivity index (χ1) is 10.3. The van der Waals surface area contributed by atoms with E-state index in [9.17, 15) is 4.79 Å². The maximum absolute atomic E-state index is 12.5. The van der Waals surface area contributed by atoms with Crippen molar-refractivity contribution in [3.63, 3.8) is 0 Å². The Balaban J connectivity index is 1.61. The zero-order valence-corrected chi connectivity index (χ0v) is 12.4. The van der Waals surface area contributed by atoms with Gasteiger partial charge in [0.25, 0.3) is 0 Å². The molecule has 0 aromatic heterocycles. The summed E-state index contributed by atoms with van der Waals surface area (Å²) in [6, 6.07) is 10.0. The van der Waals surface area contributed by atoms with Crippen LogP contribution in [0.25, 0.3) is 0 Å². The van der Waals surface area contributed by atoms with E-state index >= 15 is 0 Å². The van der Waals surface area contributed by atoms with Crippen molar-refractivity contribution in [1.29, 1.82) is 0 Å². The molecule has 114 valence electrons. The van der Waals surface area contributed by atoms with Crippen LogP contribution >= 0.6 is 0 Å². The van der Waals surface area contributed by atoms with Crippen molar-refractivity contribution in [3.05, 3.63) is 35.9 Å². The highest BCUT2D eigenvalue weighted by atomic mass is 16.5. The number of carbonyl (C=O) groups is 1. The average molecular weight is 288 g/mol. The predicted octanol–water partition coefficient (Wildman–Crippen LogP) is 2.16. The zero-order valence-electron chi connectivity index (χ0n) is 12.4. The Kier molecular flexibility index (Phi) is 4.88. The summed E-state index contributed by atoms with van der Waals surface area (Å²) in [5.74, 6) is 0.0829. The summed E-state index contributed by atoms with van der Waals surface area (Å²) in [5, 5.41) is 6.50. The fraction of sp³-hybridized carbons (Fsp3) is 0.588. The number of ether oxygens (including phenoxy) is 1. The van der Waals surface area contributed by atoms with Gasteiger partial charge in [-0.3, -0.25) is 10.1 Å².